The summed E-state index contributed by atoms with van der Waals surface area (Å²) in [6, 6.07) is 5.84. The molecule has 0 radical (unpaired) electrons. The van der Waals surface area contributed by atoms with Crippen LogP contribution in [0.15, 0.2) is 33.6 Å². The van der Waals surface area contributed by atoms with Gasteiger partial charge in [-0.25, -0.2) is 8.42 Å². The van der Waals surface area contributed by atoms with Crippen LogP contribution < -0.4 is 0 Å². The van der Waals surface area contributed by atoms with Crippen LogP contribution in [-0.4, -0.2) is 56.4 Å². The molecule has 0 N–H and O–H groups in total. The Kier molecular flexibility index (Phi) is 7.24. The van der Waals surface area contributed by atoms with Gasteiger partial charge in [-0.05, 0) is 31.2 Å². The van der Waals surface area contributed by atoms with Gasteiger partial charge in [-0.1, -0.05) is 15.9 Å². The molecule has 10 heteroatoms. The number of hydrogen-bond acceptors (Lipinski definition) is 3. The van der Waals surface area contributed by atoms with Gasteiger partial charge in [0.05, 0.1) is 17.9 Å². The van der Waals surface area contributed by atoms with E-state index in [0.717, 1.165) is 9.21 Å². The summed E-state index contributed by atoms with van der Waals surface area (Å²) >= 11 is 3.19. The minimum Gasteiger partial charge on any atom is -0.341 e. The molecule has 0 unspecified atom stereocenters. The fourth-order valence-corrected chi connectivity index (χ4v) is 3.27. The molecule has 136 valence electrons. The van der Waals surface area contributed by atoms with Crippen molar-refractivity contribution in [3.05, 3.63) is 28.7 Å². The number of carbonyl (C=O) groups is 1. The second-order valence-electron chi connectivity index (χ2n) is 5.05. The van der Waals surface area contributed by atoms with E-state index in [-0.39, 0.29) is 11.4 Å². The number of alkyl halides is 3. The zero-order chi connectivity index (χ0) is 18.5. The Morgan fingerprint density at radius 3 is 2.21 bits per heavy atom. The molecule has 1 rings (SSSR count). The van der Waals surface area contributed by atoms with Gasteiger partial charge in [0.2, 0.25) is 15.9 Å². The number of hydrogen-bond donors (Lipinski definition) is 0. The number of sulfonamides is 1. The van der Waals surface area contributed by atoms with Gasteiger partial charge >= 0.3 is 6.18 Å². The van der Waals surface area contributed by atoms with Crippen LogP contribution in [0.2, 0.25) is 0 Å². The molecule has 0 fully saturated rings. The van der Waals surface area contributed by atoms with E-state index in [2.05, 4.69) is 15.9 Å². The Morgan fingerprint density at radius 2 is 1.75 bits per heavy atom. The molecule has 0 spiro atoms. The highest BCUT2D eigenvalue weighted by Gasteiger charge is 2.30. The quantitative estimate of drug-likeness (QED) is 0.668. The Morgan fingerprint density at radius 1 is 1.21 bits per heavy atom. The van der Waals surface area contributed by atoms with E-state index < -0.39 is 41.6 Å². The molecule has 0 aliphatic carbocycles. The maximum atomic E-state index is 12.4. The van der Waals surface area contributed by atoms with Gasteiger partial charge in [0.15, 0.2) is 0 Å². The Labute approximate surface area is 147 Å². The maximum Gasteiger partial charge on any atom is 0.390 e. The molecule has 0 aliphatic heterocycles. The summed E-state index contributed by atoms with van der Waals surface area (Å²) in [4.78, 5) is 13.1. The van der Waals surface area contributed by atoms with Gasteiger partial charge in [0.1, 0.15) is 0 Å². The molecule has 0 bridgehead atoms. The van der Waals surface area contributed by atoms with E-state index in [9.17, 15) is 26.4 Å². The zero-order valence-corrected chi connectivity index (χ0v) is 15.6. The summed E-state index contributed by atoms with van der Waals surface area (Å²) in [5.74, 6) is -0.676. The van der Waals surface area contributed by atoms with Gasteiger partial charge in [-0.2, -0.15) is 17.5 Å². The van der Waals surface area contributed by atoms with Gasteiger partial charge < -0.3 is 4.90 Å². The van der Waals surface area contributed by atoms with Crippen molar-refractivity contribution < 1.29 is 26.4 Å². The van der Waals surface area contributed by atoms with Crippen LogP contribution in [0.25, 0.3) is 0 Å². The monoisotopic (exact) mass is 430 g/mol. The van der Waals surface area contributed by atoms with Crippen LogP contribution in [0.1, 0.15) is 13.3 Å². The molecule has 0 heterocycles. The normalized spacial score (nSPS) is 12.5. The van der Waals surface area contributed by atoms with E-state index in [1.54, 1.807) is 12.1 Å². The average Bonchev–Trinajstić information content (AvgIpc) is 2.47. The van der Waals surface area contributed by atoms with E-state index >= 15 is 0 Å². The second kappa shape index (κ2) is 8.30. The number of carbonyl (C=O) groups excluding carboxylic acids is 1. The van der Waals surface area contributed by atoms with E-state index in [1.807, 2.05) is 0 Å². The molecule has 1 aromatic rings. The Balaban J connectivity index is 2.78. The minimum absolute atomic E-state index is 0.000611. The molecule has 1 aromatic carbocycles. The SMILES string of the molecule is CCN(CCC(F)(F)F)C(=O)CN(C)S(=O)(=O)c1ccc(Br)cc1. The first-order chi connectivity index (χ1) is 11.0. The Hall–Kier alpha value is -1.13. The Bertz CT molecular complexity index is 663. The standard InChI is InChI=1S/C14H18BrF3N2O3S/c1-3-20(9-8-14(16,17)18)13(21)10-19(2)24(22,23)12-6-4-11(15)5-7-12/h4-7H,3,8-10H2,1-2H3. The first-order valence-corrected chi connectivity index (χ1v) is 9.27. The van der Waals surface area contributed by atoms with Gasteiger partial charge in [-0.3, -0.25) is 4.79 Å². The topological polar surface area (TPSA) is 57.7 Å². The van der Waals surface area contributed by atoms with Crippen molar-refractivity contribution in [2.75, 3.05) is 26.7 Å². The summed E-state index contributed by atoms with van der Waals surface area (Å²) in [6.07, 6.45) is -5.50. The number of benzene rings is 1. The van der Waals surface area contributed by atoms with Crippen molar-refractivity contribution in [2.24, 2.45) is 0 Å². The molecule has 24 heavy (non-hydrogen) atoms. The minimum atomic E-state index is -4.37. The molecule has 0 aromatic heterocycles. The molecule has 0 saturated heterocycles. The maximum absolute atomic E-state index is 12.4. The highest BCUT2D eigenvalue weighted by molar-refractivity contribution is 9.10. The molecule has 5 nitrogen and oxygen atoms in total. The highest BCUT2D eigenvalue weighted by atomic mass is 79.9. The highest BCUT2D eigenvalue weighted by Crippen LogP contribution is 2.20. The first-order valence-electron chi connectivity index (χ1n) is 7.04. The number of rotatable bonds is 7. The van der Waals surface area contributed by atoms with Gasteiger partial charge in [-0.15, -0.1) is 0 Å². The molecule has 0 saturated carbocycles. The lowest BCUT2D eigenvalue weighted by Crippen LogP contribution is -2.42. The predicted molar refractivity (Wildman–Crippen MR) is 86.9 cm³/mol. The largest absolute Gasteiger partial charge is 0.390 e. The molecule has 0 aliphatic rings. The number of amides is 1. The number of nitrogens with zero attached hydrogens (tertiary/aromatic N) is 2. The molecular formula is C14H18BrF3N2O3S. The zero-order valence-electron chi connectivity index (χ0n) is 13.2. The molecule has 0 atom stereocenters. The van der Waals surface area contributed by atoms with E-state index in [1.165, 1.54) is 26.1 Å². The van der Waals surface area contributed by atoms with Gasteiger partial charge in [0.25, 0.3) is 0 Å². The van der Waals surface area contributed by atoms with Crippen LogP contribution in [0.3, 0.4) is 0 Å². The number of halogens is 4. The van der Waals surface area contributed by atoms with Crippen molar-refractivity contribution >= 4 is 31.9 Å². The molecule has 1 amide bonds. The third-order valence-electron chi connectivity index (χ3n) is 3.28. The van der Waals surface area contributed by atoms with E-state index in [4.69, 9.17) is 0 Å². The summed E-state index contributed by atoms with van der Waals surface area (Å²) < 4.78 is 63.1. The summed E-state index contributed by atoms with van der Waals surface area (Å²) in [5.41, 5.74) is 0. The number of likely N-dealkylation sites (N-methyl/N-ethyl adjacent to an activating group) is 2. The third-order valence-corrected chi connectivity index (χ3v) is 5.63. The van der Waals surface area contributed by atoms with Crippen LogP contribution in [0, 0.1) is 0 Å². The third kappa shape index (κ3) is 6.06. The lowest BCUT2D eigenvalue weighted by molar-refractivity contribution is -0.145. The van der Waals surface area contributed by atoms with Crippen LogP contribution in [0.5, 0.6) is 0 Å². The van der Waals surface area contributed by atoms with Crippen molar-refractivity contribution in [1.29, 1.82) is 0 Å². The first kappa shape index (κ1) is 20.9. The fraction of sp³-hybridized carbons (Fsp3) is 0.500. The summed E-state index contributed by atoms with van der Waals surface area (Å²) in [7, 11) is -2.68. The lowest BCUT2D eigenvalue weighted by Gasteiger charge is -2.24. The van der Waals surface area contributed by atoms with Crippen LogP contribution >= 0.6 is 15.9 Å². The predicted octanol–water partition coefficient (Wildman–Crippen LogP) is 2.87. The van der Waals surface area contributed by atoms with Crippen LogP contribution in [-0.2, 0) is 14.8 Å². The summed E-state index contributed by atoms with van der Waals surface area (Å²) in [6.45, 7) is 0.591. The van der Waals surface area contributed by atoms with Crippen molar-refractivity contribution in [3.63, 3.8) is 0 Å². The second-order valence-corrected chi connectivity index (χ2v) is 8.01. The van der Waals surface area contributed by atoms with Crippen molar-refractivity contribution in [2.45, 2.75) is 24.4 Å². The van der Waals surface area contributed by atoms with Crippen LogP contribution in [0.4, 0.5) is 13.2 Å². The van der Waals surface area contributed by atoms with Crippen molar-refractivity contribution in [1.82, 2.24) is 9.21 Å². The summed E-state index contributed by atoms with van der Waals surface area (Å²) in [5, 5.41) is 0. The van der Waals surface area contributed by atoms with Crippen molar-refractivity contribution in [3.8, 4) is 0 Å². The fourth-order valence-electron chi connectivity index (χ4n) is 1.88. The smallest absolute Gasteiger partial charge is 0.341 e. The average molecular weight is 431 g/mol. The lowest BCUT2D eigenvalue weighted by atomic mass is 10.3. The molecular weight excluding hydrogens is 413 g/mol. The van der Waals surface area contributed by atoms with Gasteiger partial charge in [0, 0.05) is 24.6 Å². The van der Waals surface area contributed by atoms with E-state index in [0.29, 0.717) is 4.47 Å².